The molecular formula is C16H25FN2O. The van der Waals surface area contributed by atoms with Crippen molar-refractivity contribution in [3.05, 3.63) is 29.6 Å². The first kappa shape index (κ1) is 15.3. The van der Waals surface area contributed by atoms with E-state index in [0.29, 0.717) is 5.75 Å². The van der Waals surface area contributed by atoms with E-state index < -0.39 is 0 Å². The SMILES string of the molecule is COc1cc([C@H](N2CCNCC2)C(C)(C)C)ccc1F. The number of rotatable bonds is 3. The molecule has 3 nitrogen and oxygen atoms in total. The molecule has 1 aromatic carbocycles. The van der Waals surface area contributed by atoms with Crippen molar-refractivity contribution in [1.29, 1.82) is 0 Å². The highest BCUT2D eigenvalue weighted by molar-refractivity contribution is 5.33. The van der Waals surface area contributed by atoms with Gasteiger partial charge in [0.2, 0.25) is 0 Å². The number of benzene rings is 1. The van der Waals surface area contributed by atoms with Gasteiger partial charge in [0, 0.05) is 32.2 Å². The van der Waals surface area contributed by atoms with E-state index >= 15 is 0 Å². The van der Waals surface area contributed by atoms with Crippen molar-refractivity contribution in [2.24, 2.45) is 5.41 Å². The Morgan fingerprint density at radius 2 is 1.90 bits per heavy atom. The number of methoxy groups -OCH3 is 1. The fourth-order valence-electron chi connectivity index (χ4n) is 3.05. The second-order valence-corrected chi connectivity index (χ2v) is 6.45. The number of ether oxygens (including phenoxy) is 1. The molecule has 1 aliphatic rings. The van der Waals surface area contributed by atoms with Crippen LogP contribution in [0.1, 0.15) is 32.4 Å². The maximum absolute atomic E-state index is 13.6. The van der Waals surface area contributed by atoms with Crippen molar-refractivity contribution in [2.45, 2.75) is 26.8 Å². The van der Waals surface area contributed by atoms with Gasteiger partial charge in [-0.1, -0.05) is 26.8 Å². The summed E-state index contributed by atoms with van der Waals surface area (Å²) in [5.41, 5.74) is 1.21. The van der Waals surface area contributed by atoms with Crippen LogP contribution < -0.4 is 10.1 Å². The molecule has 1 aliphatic heterocycles. The van der Waals surface area contributed by atoms with Gasteiger partial charge in [0.25, 0.3) is 0 Å². The first-order chi connectivity index (χ1) is 9.43. The van der Waals surface area contributed by atoms with E-state index in [4.69, 9.17) is 4.74 Å². The van der Waals surface area contributed by atoms with Gasteiger partial charge in [-0.05, 0) is 23.1 Å². The summed E-state index contributed by atoms with van der Waals surface area (Å²) in [6.45, 7) is 10.7. The molecule has 1 aromatic rings. The highest BCUT2D eigenvalue weighted by Gasteiger charge is 2.32. The number of halogens is 1. The summed E-state index contributed by atoms with van der Waals surface area (Å²) in [4.78, 5) is 2.48. The van der Waals surface area contributed by atoms with Crippen molar-refractivity contribution >= 4 is 0 Å². The minimum Gasteiger partial charge on any atom is -0.494 e. The Bertz CT molecular complexity index is 450. The van der Waals surface area contributed by atoms with Crippen LogP contribution in [0.4, 0.5) is 4.39 Å². The Hall–Kier alpha value is -1.13. The molecule has 0 aliphatic carbocycles. The summed E-state index contributed by atoms with van der Waals surface area (Å²) in [5.74, 6) is 0.0242. The molecule has 0 aromatic heterocycles. The van der Waals surface area contributed by atoms with Crippen molar-refractivity contribution in [1.82, 2.24) is 10.2 Å². The molecule has 0 amide bonds. The van der Waals surface area contributed by atoms with E-state index in [2.05, 4.69) is 31.0 Å². The Morgan fingerprint density at radius 3 is 2.45 bits per heavy atom. The number of hydrogen-bond acceptors (Lipinski definition) is 3. The van der Waals surface area contributed by atoms with Crippen molar-refractivity contribution in [3.63, 3.8) is 0 Å². The summed E-state index contributed by atoms with van der Waals surface area (Å²) >= 11 is 0. The van der Waals surface area contributed by atoms with E-state index in [0.717, 1.165) is 31.7 Å². The molecule has 2 rings (SSSR count). The van der Waals surface area contributed by atoms with Gasteiger partial charge < -0.3 is 10.1 Å². The maximum Gasteiger partial charge on any atom is 0.165 e. The van der Waals surface area contributed by atoms with E-state index in [1.807, 2.05) is 12.1 Å². The molecule has 0 saturated carbocycles. The third kappa shape index (κ3) is 3.30. The average molecular weight is 280 g/mol. The second-order valence-electron chi connectivity index (χ2n) is 6.45. The van der Waals surface area contributed by atoms with Crippen molar-refractivity contribution < 1.29 is 9.13 Å². The molecule has 4 heteroatoms. The molecule has 1 atom stereocenters. The van der Waals surface area contributed by atoms with Gasteiger partial charge in [0.05, 0.1) is 7.11 Å². The van der Waals surface area contributed by atoms with Gasteiger partial charge in [-0.25, -0.2) is 4.39 Å². The Kier molecular flexibility index (Phi) is 4.66. The summed E-state index contributed by atoms with van der Waals surface area (Å²) in [7, 11) is 1.51. The Morgan fingerprint density at radius 1 is 1.25 bits per heavy atom. The van der Waals surface area contributed by atoms with Crippen LogP contribution in [0.25, 0.3) is 0 Å². The molecule has 0 spiro atoms. The van der Waals surface area contributed by atoms with Crippen LogP contribution in [-0.4, -0.2) is 38.2 Å². The van der Waals surface area contributed by atoms with Crippen LogP contribution in [0.2, 0.25) is 0 Å². The smallest absolute Gasteiger partial charge is 0.165 e. The van der Waals surface area contributed by atoms with Crippen molar-refractivity contribution in [2.75, 3.05) is 33.3 Å². The zero-order valence-corrected chi connectivity index (χ0v) is 12.9. The van der Waals surface area contributed by atoms with Gasteiger partial charge in [-0.3, -0.25) is 4.90 Å². The predicted octanol–water partition coefficient (Wildman–Crippen LogP) is 2.83. The van der Waals surface area contributed by atoms with Gasteiger partial charge in [0.15, 0.2) is 11.6 Å². The standard InChI is InChI=1S/C16H25FN2O/c1-16(2,3)15(19-9-7-18-8-10-19)12-5-6-13(17)14(11-12)20-4/h5-6,11,15,18H,7-10H2,1-4H3/t15-/m0/s1. The minimum absolute atomic E-state index is 0.0835. The predicted molar refractivity (Wildman–Crippen MR) is 79.6 cm³/mol. The largest absolute Gasteiger partial charge is 0.494 e. The van der Waals surface area contributed by atoms with Gasteiger partial charge in [0.1, 0.15) is 0 Å². The summed E-state index contributed by atoms with van der Waals surface area (Å²) < 4.78 is 18.8. The lowest BCUT2D eigenvalue weighted by Crippen LogP contribution is -2.48. The van der Waals surface area contributed by atoms with Crippen LogP contribution in [0.3, 0.4) is 0 Å². The Balaban J connectivity index is 2.35. The van der Waals surface area contributed by atoms with Crippen LogP contribution >= 0.6 is 0 Å². The molecule has 0 bridgehead atoms. The summed E-state index contributed by atoms with van der Waals surface area (Å²) in [5, 5.41) is 3.38. The molecule has 0 radical (unpaired) electrons. The lowest BCUT2D eigenvalue weighted by atomic mass is 9.81. The molecule has 0 unspecified atom stereocenters. The van der Waals surface area contributed by atoms with Crippen LogP contribution in [0, 0.1) is 11.2 Å². The fourth-order valence-corrected chi connectivity index (χ4v) is 3.05. The van der Waals surface area contributed by atoms with Gasteiger partial charge in [-0.2, -0.15) is 0 Å². The lowest BCUT2D eigenvalue weighted by Gasteiger charge is -2.42. The van der Waals surface area contributed by atoms with Crippen molar-refractivity contribution in [3.8, 4) is 5.75 Å². The highest BCUT2D eigenvalue weighted by atomic mass is 19.1. The molecular weight excluding hydrogens is 255 g/mol. The monoisotopic (exact) mass is 280 g/mol. The van der Waals surface area contributed by atoms with Gasteiger partial charge >= 0.3 is 0 Å². The number of nitrogens with one attached hydrogen (secondary N) is 1. The third-order valence-electron chi connectivity index (χ3n) is 3.83. The van der Waals surface area contributed by atoms with Gasteiger partial charge in [-0.15, -0.1) is 0 Å². The van der Waals surface area contributed by atoms with E-state index in [1.165, 1.54) is 13.2 Å². The number of hydrogen-bond donors (Lipinski definition) is 1. The maximum atomic E-state index is 13.6. The van der Waals surface area contributed by atoms with Crippen LogP contribution in [0.5, 0.6) is 5.75 Å². The van der Waals surface area contributed by atoms with E-state index in [1.54, 1.807) is 0 Å². The van der Waals surface area contributed by atoms with E-state index in [9.17, 15) is 4.39 Å². The quantitative estimate of drug-likeness (QED) is 0.921. The highest BCUT2D eigenvalue weighted by Crippen LogP contribution is 2.39. The molecule has 1 fully saturated rings. The first-order valence-corrected chi connectivity index (χ1v) is 7.21. The fraction of sp³-hybridized carbons (Fsp3) is 0.625. The molecule has 20 heavy (non-hydrogen) atoms. The third-order valence-corrected chi connectivity index (χ3v) is 3.83. The van der Waals surface area contributed by atoms with Crippen LogP contribution in [0.15, 0.2) is 18.2 Å². The zero-order chi connectivity index (χ0) is 14.8. The molecule has 1 heterocycles. The van der Waals surface area contributed by atoms with Crippen LogP contribution in [-0.2, 0) is 0 Å². The minimum atomic E-state index is -0.302. The topological polar surface area (TPSA) is 24.5 Å². The lowest BCUT2D eigenvalue weighted by molar-refractivity contribution is 0.0860. The summed E-state index contributed by atoms with van der Waals surface area (Å²) in [6.07, 6.45) is 0. The zero-order valence-electron chi connectivity index (χ0n) is 12.9. The molecule has 112 valence electrons. The number of piperazine rings is 1. The average Bonchev–Trinajstić information content (AvgIpc) is 2.40. The molecule has 1 saturated heterocycles. The van der Waals surface area contributed by atoms with E-state index in [-0.39, 0.29) is 17.3 Å². The summed E-state index contributed by atoms with van der Waals surface area (Å²) in [6, 6.07) is 5.50. The normalized spacial score (nSPS) is 18.9. The second kappa shape index (κ2) is 6.10. The number of nitrogens with zero attached hydrogens (tertiary/aromatic N) is 1. The first-order valence-electron chi connectivity index (χ1n) is 7.21. The Labute approximate surface area is 121 Å². The molecule has 1 N–H and O–H groups in total.